The minimum atomic E-state index is -0.113. The highest BCUT2D eigenvalue weighted by atomic mass is 35.5. The van der Waals surface area contributed by atoms with Gasteiger partial charge in [-0.05, 0) is 24.6 Å². The third kappa shape index (κ3) is 4.41. The van der Waals surface area contributed by atoms with Crippen molar-refractivity contribution in [3.63, 3.8) is 0 Å². The van der Waals surface area contributed by atoms with Gasteiger partial charge in [0.2, 0.25) is 0 Å². The van der Waals surface area contributed by atoms with Crippen molar-refractivity contribution in [1.82, 2.24) is 5.32 Å². The molecule has 0 atom stereocenters. The molecule has 1 amide bonds. The Morgan fingerprint density at radius 2 is 2.37 bits per heavy atom. The van der Waals surface area contributed by atoms with E-state index in [0.29, 0.717) is 29.5 Å². The number of rotatable bonds is 5. The molecule has 1 N–H and O–H groups in total. The molecule has 0 fully saturated rings. The molecule has 4 nitrogen and oxygen atoms in total. The van der Waals surface area contributed by atoms with Crippen molar-refractivity contribution in [3.05, 3.63) is 40.9 Å². The van der Waals surface area contributed by atoms with E-state index in [2.05, 4.69) is 10.3 Å². The van der Waals surface area contributed by atoms with Gasteiger partial charge in [-0.25, -0.2) is 0 Å². The van der Waals surface area contributed by atoms with Gasteiger partial charge < -0.3 is 10.1 Å². The number of dihydropyridines is 1. The average molecular weight is 279 g/mol. The summed E-state index contributed by atoms with van der Waals surface area (Å²) in [5.74, 6) is 0.582. The lowest BCUT2D eigenvalue weighted by atomic mass is 10.2. The highest BCUT2D eigenvalue weighted by molar-refractivity contribution is 6.30. The molecule has 1 heterocycles. The summed E-state index contributed by atoms with van der Waals surface area (Å²) in [6.07, 6.45) is 4.31. The molecule has 0 radical (unpaired) electrons. The van der Waals surface area contributed by atoms with Crippen LogP contribution in [0.3, 0.4) is 0 Å². The fourth-order valence-electron chi connectivity index (χ4n) is 1.65. The molecule has 0 aliphatic carbocycles. The number of halogens is 1. The van der Waals surface area contributed by atoms with Crippen molar-refractivity contribution in [1.29, 1.82) is 0 Å². The van der Waals surface area contributed by atoms with Crippen LogP contribution in [0.2, 0.25) is 5.02 Å². The number of amides is 1. The number of hydrogen-bond acceptors (Lipinski definition) is 3. The van der Waals surface area contributed by atoms with E-state index in [4.69, 9.17) is 16.3 Å². The minimum Gasteiger partial charge on any atom is -0.492 e. The molecular weight excluding hydrogens is 264 g/mol. The van der Waals surface area contributed by atoms with Gasteiger partial charge in [-0.1, -0.05) is 23.7 Å². The van der Waals surface area contributed by atoms with Crippen molar-refractivity contribution >= 4 is 23.7 Å². The molecule has 0 aromatic heterocycles. The minimum absolute atomic E-state index is 0.113. The number of aliphatic imine (C=N–C) groups is 1. The van der Waals surface area contributed by atoms with Crippen molar-refractivity contribution < 1.29 is 9.53 Å². The van der Waals surface area contributed by atoms with Crippen LogP contribution in [-0.4, -0.2) is 31.8 Å². The van der Waals surface area contributed by atoms with Gasteiger partial charge in [-0.15, -0.1) is 0 Å². The Labute approximate surface area is 117 Å². The Hall–Kier alpha value is -1.81. The van der Waals surface area contributed by atoms with Crippen LogP contribution in [-0.2, 0) is 4.79 Å². The topological polar surface area (TPSA) is 50.7 Å². The summed E-state index contributed by atoms with van der Waals surface area (Å²) in [6, 6.07) is 7.16. The molecule has 5 heteroatoms. The van der Waals surface area contributed by atoms with Gasteiger partial charge in [0.15, 0.2) is 0 Å². The second-order valence-electron chi connectivity index (χ2n) is 4.05. The second-order valence-corrected chi connectivity index (χ2v) is 4.48. The van der Waals surface area contributed by atoms with Crippen molar-refractivity contribution in [3.8, 4) is 5.75 Å². The number of carbonyl (C=O) groups excluding carboxylic acids is 1. The van der Waals surface area contributed by atoms with E-state index >= 15 is 0 Å². The van der Waals surface area contributed by atoms with Gasteiger partial charge in [0.1, 0.15) is 12.4 Å². The zero-order valence-electron chi connectivity index (χ0n) is 10.4. The molecule has 19 heavy (non-hydrogen) atoms. The summed E-state index contributed by atoms with van der Waals surface area (Å²) in [4.78, 5) is 15.8. The number of nitrogens with one attached hydrogen (secondary N) is 1. The second kappa shape index (κ2) is 6.95. The standard InChI is InChI=1S/C14H15ClN2O2/c15-12-4-1-5-13(9-12)19-8-7-17-14(18)11-3-2-6-16-10-11/h1,3-5,9-10H,2,6-8H2,(H,17,18). The van der Waals surface area contributed by atoms with Gasteiger partial charge >= 0.3 is 0 Å². The molecule has 0 saturated carbocycles. The lowest BCUT2D eigenvalue weighted by Crippen LogP contribution is -2.30. The van der Waals surface area contributed by atoms with Crippen LogP contribution in [0.25, 0.3) is 0 Å². The van der Waals surface area contributed by atoms with E-state index in [1.165, 1.54) is 0 Å². The first-order chi connectivity index (χ1) is 9.25. The molecule has 100 valence electrons. The highest BCUT2D eigenvalue weighted by Crippen LogP contribution is 2.16. The zero-order valence-corrected chi connectivity index (χ0v) is 11.2. The molecule has 1 aliphatic rings. The monoisotopic (exact) mass is 278 g/mol. The van der Waals surface area contributed by atoms with E-state index < -0.39 is 0 Å². The van der Waals surface area contributed by atoms with Gasteiger partial charge in [0.25, 0.3) is 5.91 Å². The van der Waals surface area contributed by atoms with Crippen molar-refractivity contribution in [2.75, 3.05) is 19.7 Å². The first kappa shape index (κ1) is 13.6. The maximum Gasteiger partial charge on any atom is 0.252 e. The highest BCUT2D eigenvalue weighted by Gasteiger charge is 2.08. The molecule has 2 rings (SSSR count). The van der Waals surface area contributed by atoms with Gasteiger partial charge in [0.05, 0.1) is 12.1 Å². The quantitative estimate of drug-likeness (QED) is 0.840. The first-order valence-corrected chi connectivity index (χ1v) is 6.50. The third-order valence-corrected chi connectivity index (χ3v) is 2.80. The Balaban J connectivity index is 1.71. The van der Waals surface area contributed by atoms with Gasteiger partial charge in [-0.3, -0.25) is 9.79 Å². The molecule has 1 aromatic rings. The number of benzene rings is 1. The smallest absolute Gasteiger partial charge is 0.252 e. The number of hydrogen-bond donors (Lipinski definition) is 1. The first-order valence-electron chi connectivity index (χ1n) is 6.12. The summed E-state index contributed by atoms with van der Waals surface area (Å²) in [5, 5.41) is 3.41. The summed E-state index contributed by atoms with van der Waals surface area (Å²) in [5.41, 5.74) is 0.619. The number of ether oxygens (including phenoxy) is 1. The molecule has 0 spiro atoms. The SMILES string of the molecule is O=C(NCCOc1cccc(Cl)c1)C1=CCCN=C1. The maximum atomic E-state index is 11.7. The van der Waals surface area contributed by atoms with Crippen molar-refractivity contribution in [2.24, 2.45) is 4.99 Å². The van der Waals surface area contributed by atoms with Crippen LogP contribution in [0.5, 0.6) is 5.75 Å². The summed E-state index contributed by atoms with van der Waals surface area (Å²) >= 11 is 5.84. The van der Waals surface area contributed by atoms with Crippen LogP contribution < -0.4 is 10.1 Å². The largest absolute Gasteiger partial charge is 0.492 e. The van der Waals surface area contributed by atoms with Gasteiger partial charge in [0, 0.05) is 17.8 Å². The summed E-state index contributed by atoms with van der Waals surface area (Å²) in [6.45, 7) is 1.60. The summed E-state index contributed by atoms with van der Waals surface area (Å²) in [7, 11) is 0. The van der Waals surface area contributed by atoms with E-state index in [1.54, 1.807) is 18.3 Å². The molecule has 1 aliphatic heterocycles. The predicted octanol–water partition coefficient (Wildman–Crippen LogP) is 2.24. The van der Waals surface area contributed by atoms with Crippen LogP contribution in [0, 0.1) is 0 Å². The maximum absolute atomic E-state index is 11.7. The Morgan fingerprint density at radius 1 is 1.47 bits per heavy atom. The lowest BCUT2D eigenvalue weighted by molar-refractivity contribution is -0.117. The number of nitrogens with zero attached hydrogens (tertiary/aromatic N) is 1. The van der Waals surface area contributed by atoms with Crippen LogP contribution in [0.15, 0.2) is 40.9 Å². The zero-order chi connectivity index (χ0) is 13.5. The van der Waals surface area contributed by atoms with Crippen molar-refractivity contribution in [2.45, 2.75) is 6.42 Å². The Morgan fingerprint density at radius 3 is 3.11 bits per heavy atom. The summed E-state index contributed by atoms with van der Waals surface area (Å²) < 4.78 is 5.47. The van der Waals surface area contributed by atoms with Crippen LogP contribution in [0.4, 0.5) is 0 Å². The number of carbonyl (C=O) groups is 1. The fourth-order valence-corrected chi connectivity index (χ4v) is 1.83. The molecule has 0 bridgehead atoms. The Bertz CT molecular complexity index is 512. The van der Waals surface area contributed by atoms with E-state index in [-0.39, 0.29) is 5.91 Å². The lowest BCUT2D eigenvalue weighted by Gasteiger charge is -2.09. The van der Waals surface area contributed by atoms with Crippen LogP contribution >= 0.6 is 11.6 Å². The fraction of sp³-hybridized carbons (Fsp3) is 0.286. The van der Waals surface area contributed by atoms with Gasteiger partial charge in [-0.2, -0.15) is 0 Å². The Kier molecular flexibility index (Phi) is 4.98. The average Bonchev–Trinajstić information content (AvgIpc) is 2.44. The van der Waals surface area contributed by atoms with E-state index in [9.17, 15) is 4.79 Å². The molecule has 0 unspecified atom stereocenters. The van der Waals surface area contributed by atoms with E-state index in [1.807, 2.05) is 18.2 Å². The van der Waals surface area contributed by atoms with E-state index in [0.717, 1.165) is 13.0 Å². The molecule has 0 saturated heterocycles. The normalized spacial score (nSPS) is 13.8. The predicted molar refractivity (Wildman–Crippen MR) is 76.0 cm³/mol. The van der Waals surface area contributed by atoms with Crippen LogP contribution in [0.1, 0.15) is 6.42 Å². The molecule has 1 aromatic carbocycles. The third-order valence-electron chi connectivity index (χ3n) is 2.57. The molecular formula is C14H15ClN2O2.